The quantitative estimate of drug-likeness (QED) is 0.703. The summed E-state index contributed by atoms with van der Waals surface area (Å²) in [4.78, 5) is 0. The molecule has 98 valence electrons. The fraction of sp³-hybridized carbons (Fsp3) is 1.00. The largest absolute Gasteiger partial charge is 0.381 e. The SMILES string of the molecule is CC1CCC2(CC1)NCC1(CCOCC1)CO2. The maximum absolute atomic E-state index is 6.28. The van der Waals surface area contributed by atoms with Gasteiger partial charge in [-0.05, 0) is 44.4 Å². The average Bonchev–Trinajstić information content (AvgIpc) is 2.38. The summed E-state index contributed by atoms with van der Waals surface area (Å²) in [7, 11) is 0. The monoisotopic (exact) mass is 239 g/mol. The van der Waals surface area contributed by atoms with E-state index in [1.807, 2.05) is 0 Å². The fourth-order valence-electron chi connectivity index (χ4n) is 3.42. The summed E-state index contributed by atoms with van der Waals surface area (Å²) in [6.45, 7) is 6.25. The van der Waals surface area contributed by atoms with Gasteiger partial charge >= 0.3 is 0 Å². The van der Waals surface area contributed by atoms with Crippen LogP contribution in [-0.2, 0) is 9.47 Å². The first kappa shape index (κ1) is 11.9. The molecule has 0 bridgehead atoms. The molecule has 17 heavy (non-hydrogen) atoms. The molecule has 2 saturated heterocycles. The van der Waals surface area contributed by atoms with E-state index in [2.05, 4.69) is 12.2 Å². The van der Waals surface area contributed by atoms with Crippen molar-refractivity contribution in [2.24, 2.45) is 11.3 Å². The Morgan fingerprint density at radius 2 is 1.76 bits per heavy atom. The third-order valence-electron chi connectivity index (χ3n) is 5.08. The Balaban J connectivity index is 1.59. The van der Waals surface area contributed by atoms with Crippen LogP contribution in [-0.4, -0.2) is 32.1 Å². The molecule has 0 aromatic heterocycles. The van der Waals surface area contributed by atoms with E-state index in [1.165, 1.54) is 25.7 Å². The van der Waals surface area contributed by atoms with Gasteiger partial charge in [0.2, 0.25) is 0 Å². The zero-order valence-corrected chi connectivity index (χ0v) is 11.0. The Labute approximate surface area is 104 Å². The highest BCUT2D eigenvalue weighted by Gasteiger charge is 2.45. The van der Waals surface area contributed by atoms with Gasteiger partial charge in [0, 0.05) is 25.2 Å². The van der Waals surface area contributed by atoms with Crippen LogP contribution in [0, 0.1) is 11.3 Å². The van der Waals surface area contributed by atoms with E-state index in [0.29, 0.717) is 5.41 Å². The average molecular weight is 239 g/mol. The van der Waals surface area contributed by atoms with Gasteiger partial charge in [0.1, 0.15) is 5.72 Å². The minimum Gasteiger partial charge on any atom is -0.381 e. The van der Waals surface area contributed by atoms with Crippen molar-refractivity contribution < 1.29 is 9.47 Å². The highest BCUT2D eigenvalue weighted by Crippen LogP contribution is 2.40. The standard InChI is InChI=1S/C14H25NO2/c1-12-2-4-14(5-3-12)15-10-13(11-17-14)6-8-16-9-7-13/h12,15H,2-11H2,1H3. The number of hydrogen-bond donors (Lipinski definition) is 1. The molecule has 1 N–H and O–H groups in total. The molecular weight excluding hydrogens is 214 g/mol. The lowest BCUT2D eigenvalue weighted by Gasteiger charge is -2.50. The molecule has 2 aliphatic heterocycles. The van der Waals surface area contributed by atoms with Crippen LogP contribution in [0.5, 0.6) is 0 Å². The first-order valence-corrected chi connectivity index (χ1v) is 7.19. The van der Waals surface area contributed by atoms with Crippen molar-refractivity contribution in [1.82, 2.24) is 5.32 Å². The zero-order chi connectivity index (χ0) is 11.8. The van der Waals surface area contributed by atoms with Crippen LogP contribution in [0.15, 0.2) is 0 Å². The summed E-state index contributed by atoms with van der Waals surface area (Å²) >= 11 is 0. The van der Waals surface area contributed by atoms with Crippen molar-refractivity contribution in [3.05, 3.63) is 0 Å². The molecule has 2 spiro atoms. The normalized spacial score (nSPS) is 41.8. The first-order chi connectivity index (χ1) is 8.22. The van der Waals surface area contributed by atoms with E-state index < -0.39 is 0 Å². The van der Waals surface area contributed by atoms with Gasteiger partial charge < -0.3 is 9.47 Å². The highest BCUT2D eigenvalue weighted by molar-refractivity contribution is 4.94. The van der Waals surface area contributed by atoms with Gasteiger partial charge in [-0.1, -0.05) is 6.92 Å². The third-order valence-corrected chi connectivity index (χ3v) is 5.08. The maximum Gasteiger partial charge on any atom is 0.119 e. The van der Waals surface area contributed by atoms with Gasteiger partial charge in [0.15, 0.2) is 0 Å². The van der Waals surface area contributed by atoms with Gasteiger partial charge in [-0.2, -0.15) is 0 Å². The summed E-state index contributed by atoms with van der Waals surface area (Å²) in [5.74, 6) is 0.880. The van der Waals surface area contributed by atoms with Crippen LogP contribution in [0.3, 0.4) is 0 Å². The van der Waals surface area contributed by atoms with Crippen LogP contribution < -0.4 is 5.32 Å². The molecule has 3 nitrogen and oxygen atoms in total. The molecule has 0 atom stereocenters. The number of ether oxygens (including phenoxy) is 2. The summed E-state index contributed by atoms with van der Waals surface area (Å²) in [6.07, 6.45) is 7.33. The molecule has 1 aliphatic carbocycles. The molecule has 3 aliphatic rings. The summed E-state index contributed by atoms with van der Waals surface area (Å²) < 4.78 is 11.7. The van der Waals surface area contributed by atoms with Gasteiger partial charge in [-0.25, -0.2) is 0 Å². The molecule has 0 aromatic carbocycles. The van der Waals surface area contributed by atoms with Crippen LogP contribution in [0.2, 0.25) is 0 Å². The van der Waals surface area contributed by atoms with E-state index in [4.69, 9.17) is 9.47 Å². The zero-order valence-electron chi connectivity index (χ0n) is 11.0. The Hall–Kier alpha value is -0.120. The predicted molar refractivity (Wildman–Crippen MR) is 66.8 cm³/mol. The summed E-state index contributed by atoms with van der Waals surface area (Å²) in [6, 6.07) is 0. The molecular formula is C14H25NO2. The van der Waals surface area contributed by atoms with Gasteiger partial charge in [-0.15, -0.1) is 0 Å². The van der Waals surface area contributed by atoms with Crippen molar-refractivity contribution in [3.63, 3.8) is 0 Å². The molecule has 0 aromatic rings. The first-order valence-electron chi connectivity index (χ1n) is 7.19. The second-order valence-electron chi connectivity index (χ2n) is 6.43. The number of hydrogen-bond acceptors (Lipinski definition) is 3. The topological polar surface area (TPSA) is 30.5 Å². The van der Waals surface area contributed by atoms with Crippen LogP contribution in [0.1, 0.15) is 45.4 Å². The van der Waals surface area contributed by atoms with Crippen LogP contribution in [0.25, 0.3) is 0 Å². The Morgan fingerprint density at radius 3 is 2.35 bits per heavy atom. The Kier molecular flexibility index (Phi) is 3.18. The highest BCUT2D eigenvalue weighted by atomic mass is 16.5. The molecule has 0 unspecified atom stereocenters. The van der Waals surface area contributed by atoms with Crippen molar-refractivity contribution >= 4 is 0 Å². The molecule has 3 rings (SSSR count). The van der Waals surface area contributed by atoms with Crippen molar-refractivity contribution in [2.45, 2.75) is 51.2 Å². The smallest absolute Gasteiger partial charge is 0.119 e. The van der Waals surface area contributed by atoms with E-state index >= 15 is 0 Å². The van der Waals surface area contributed by atoms with Crippen molar-refractivity contribution in [3.8, 4) is 0 Å². The Morgan fingerprint density at radius 1 is 1.06 bits per heavy atom. The fourth-order valence-corrected chi connectivity index (χ4v) is 3.42. The van der Waals surface area contributed by atoms with E-state index in [1.54, 1.807) is 0 Å². The Bertz CT molecular complexity index is 253. The van der Waals surface area contributed by atoms with E-state index in [-0.39, 0.29) is 5.72 Å². The van der Waals surface area contributed by atoms with Gasteiger partial charge in [-0.3, -0.25) is 5.32 Å². The maximum atomic E-state index is 6.28. The van der Waals surface area contributed by atoms with Gasteiger partial charge in [0.25, 0.3) is 0 Å². The molecule has 0 amide bonds. The molecule has 1 saturated carbocycles. The minimum absolute atomic E-state index is 0.0239. The molecule has 3 heteroatoms. The lowest BCUT2D eigenvalue weighted by Crippen LogP contribution is -2.61. The summed E-state index contributed by atoms with van der Waals surface area (Å²) in [5.41, 5.74) is 0.391. The van der Waals surface area contributed by atoms with E-state index in [0.717, 1.165) is 45.1 Å². The van der Waals surface area contributed by atoms with Gasteiger partial charge in [0.05, 0.1) is 6.61 Å². The van der Waals surface area contributed by atoms with E-state index in [9.17, 15) is 0 Å². The molecule has 0 radical (unpaired) electrons. The number of rotatable bonds is 0. The predicted octanol–water partition coefficient (Wildman–Crippen LogP) is 2.31. The van der Waals surface area contributed by atoms with Crippen molar-refractivity contribution in [1.29, 1.82) is 0 Å². The van der Waals surface area contributed by atoms with Crippen LogP contribution >= 0.6 is 0 Å². The summed E-state index contributed by atoms with van der Waals surface area (Å²) in [5, 5.41) is 3.74. The van der Waals surface area contributed by atoms with Crippen LogP contribution in [0.4, 0.5) is 0 Å². The third kappa shape index (κ3) is 2.38. The lowest BCUT2D eigenvalue weighted by molar-refractivity contribution is -0.181. The minimum atomic E-state index is 0.0239. The molecule has 3 fully saturated rings. The van der Waals surface area contributed by atoms with Crippen molar-refractivity contribution in [2.75, 3.05) is 26.4 Å². The number of nitrogens with one attached hydrogen (secondary N) is 1. The molecule has 2 heterocycles. The second kappa shape index (κ2) is 4.52. The lowest BCUT2D eigenvalue weighted by atomic mass is 9.77. The second-order valence-corrected chi connectivity index (χ2v) is 6.43.